The summed E-state index contributed by atoms with van der Waals surface area (Å²) < 4.78 is 10.9. The molecule has 0 unspecified atom stereocenters. The normalized spacial score (nSPS) is 10.4. The highest BCUT2D eigenvalue weighted by atomic mass is 16.5. The lowest BCUT2D eigenvalue weighted by Gasteiger charge is -2.13. The van der Waals surface area contributed by atoms with Gasteiger partial charge in [0.05, 0.1) is 6.61 Å². The van der Waals surface area contributed by atoms with Gasteiger partial charge in [-0.3, -0.25) is 0 Å². The molecule has 6 heteroatoms. The Kier molecular flexibility index (Phi) is 6.57. The van der Waals surface area contributed by atoms with E-state index >= 15 is 0 Å². The molecule has 0 aliphatic rings. The van der Waals surface area contributed by atoms with Gasteiger partial charge in [-0.1, -0.05) is 18.2 Å². The van der Waals surface area contributed by atoms with E-state index in [-0.39, 0.29) is 5.69 Å². The number of nitrogens with zero attached hydrogens (tertiary/aromatic N) is 1. The molecule has 0 amide bonds. The van der Waals surface area contributed by atoms with Crippen LogP contribution >= 0.6 is 0 Å². The predicted octanol–water partition coefficient (Wildman–Crippen LogP) is 3.12. The van der Waals surface area contributed by atoms with Crippen molar-refractivity contribution in [2.75, 3.05) is 25.6 Å². The van der Waals surface area contributed by atoms with Crippen molar-refractivity contribution in [3.63, 3.8) is 0 Å². The van der Waals surface area contributed by atoms with Crippen LogP contribution in [0, 0.1) is 6.92 Å². The molecule has 6 nitrogen and oxygen atoms in total. The maximum absolute atomic E-state index is 11.0. The number of aryl methyl sites for hydroxylation is 1. The molecule has 0 fully saturated rings. The first-order valence-corrected chi connectivity index (χ1v) is 7.75. The zero-order valence-corrected chi connectivity index (χ0v) is 13.9. The third-order valence-corrected chi connectivity index (χ3v) is 3.40. The average molecular weight is 330 g/mol. The molecule has 0 aliphatic heterocycles. The van der Waals surface area contributed by atoms with Gasteiger partial charge in [0.25, 0.3) is 0 Å². The lowest BCUT2D eigenvalue weighted by Crippen LogP contribution is -2.08. The van der Waals surface area contributed by atoms with Gasteiger partial charge in [-0.15, -0.1) is 0 Å². The van der Waals surface area contributed by atoms with E-state index < -0.39 is 5.97 Å². The predicted molar refractivity (Wildman–Crippen MR) is 91.7 cm³/mol. The van der Waals surface area contributed by atoms with Crippen molar-refractivity contribution in [3.8, 4) is 5.75 Å². The minimum Gasteiger partial charge on any atom is -0.493 e. The number of carbonyl (C=O) groups is 1. The third-order valence-electron chi connectivity index (χ3n) is 3.40. The molecule has 2 aromatic rings. The third kappa shape index (κ3) is 5.24. The number of anilines is 1. The second-order valence-corrected chi connectivity index (χ2v) is 5.37. The molecule has 1 aromatic carbocycles. The number of rotatable bonds is 9. The van der Waals surface area contributed by atoms with E-state index in [1.54, 1.807) is 19.2 Å². The first-order valence-electron chi connectivity index (χ1n) is 7.75. The molecule has 1 aromatic heterocycles. The summed E-state index contributed by atoms with van der Waals surface area (Å²) in [7, 11) is 1.67. The molecular weight excluding hydrogens is 308 g/mol. The Morgan fingerprint density at radius 2 is 2.08 bits per heavy atom. The maximum Gasteiger partial charge on any atom is 0.354 e. The van der Waals surface area contributed by atoms with Crippen LogP contribution < -0.4 is 10.1 Å². The van der Waals surface area contributed by atoms with Crippen molar-refractivity contribution in [2.45, 2.75) is 19.9 Å². The monoisotopic (exact) mass is 330 g/mol. The van der Waals surface area contributed by atoms with Gasteiger partial charge < -0.3 is 19.9 Å². The number of pyridine rings is 1. The number of benzene rings is 1. The van der Waals surface area contributed by atoms with Gasteiger partial charge in [0.1, 0.15) is 11.6 Å². The smallest absolute Gasteiger partial charge is 0.354 e. The van der Waals surface area contributed by atoms with Crippen LogP contribution in [0.5, 0.6) is 5.75 Å². The Morgan fingerprint density at radius 3 is 2.83 bits per heavy atom. The summed E-state index contributed by atoms with van der Waals surface area (Å²) in [6.45, 7) is 3.75. The highest BCUT2D eigenvalue weighted by Crippen LogP contribution is 2.21. The molecule has 2 N–H and O–H groups in total. The van der Waals surface area contributed by atoms with Crippen LogP contribution in [0.2, 0.25) is 0 Å². The van der Waals surface area contributed by atoms with E-state index in [1.165, 1.54) is 6.07 Å². The Labute approximate surface area is 141 Å². The number of hydrogen-bond donors (Lipinski definition) is 2. The molecule has 2 rings (SSSR count). The molecule has 0 saturated heterocycles. The number of methoxy groups -OCH3 is 1. The van der Waals surface area contributed by atoms with Crippen molar-refractivity contribution in [1.29, 1.82) is 0 Å². The highest BCUT2D eigenvalue weighted by Gasteiger charge is 2.07. The Morgan fingerprint density at radius 1 is 1.25 bits per heavy atom. The van der Waals surface area contributed by atoms with Crippen molar-refractivity contribution in [1.82, 2.24) is 4.98 Å². The summed E-state index contributed by atoms with van der Waals surface area (Å²) in [5.74, 6) is 0.282. The number of ether oxygens (including phenoxy) is 2. The highest BCUT2D eigenvalue weighted by molar-refractivity contribution is 5.85. The van der Waals surface area contributed by atoms with Gasteiger partial charge in [0.2, 0.25) is 0 Å². The molecule has 0 spiro atoms. The fourth-order valence-electron chi connectivity index (χ4n) is 2.17. The van der Waals surface area contributed by atoms with Gasteiger partial charge in [-0.2, -0.15) is 0 Å². The molecule has 24 heavy (non-hydrogen) atoms. The lowest BCUT2D eigenvalue weighted by molar-refractivity contribution is 0.0690. The zero-order valence-electron chi connectivity index (χ0n) is 13.9. The van der Waals surface area contributed by atoms with Gasteiger partial charge in [-0.05, 0) is 30.7 Å². The molecule has 0 aliphatic carbocycles. The number of aromatic carboxylic acids is 1. The van der Waals surface area contributed by atoms with Crippen LogP contribution in [0.25, 0.3) is 0 Å². The van der Waals surface area contributed by atoms with Crippen LogP contribution in [0.1, 0.15) is 28.0 Å². The Bertz CT molecular complexity index is 688. The molecule has 128 valence electrons. The summed E-state index contributed by atoms with van der Waals surface area (Å²) in [5.41, 5.74) is 2.12. The van der Waals surface area contributed by atoms with E-state index in [9.17, 15) is 4.79 Å². The van der Waals surface area contributed by atoms with Crippen LogP contribution in [-0.2, 0) is 11.3 Å². The topological polar surface area (TPSA) is 80.7 Å². The average Bonchev–Trinajstić information content (AvgIpc) is 2.58. The van der Waals surface area contributed by atoms with Crippen LogP contribution in [0.4, 0.5) is 5.82 Å². The summed E-state index contributed by atoms with van der Waals surface area (Å²) in [6.07, 6.45) is 0.819. The van der Waals surface area contributed by atoms with Crippen LogP contribution in [0.3, 0.4) is 0 Å². The standard InChI is InChI=1S/C18H22N2O4/c1-13-7-8-14(16(11-13)24-10-4-9-23-2)12-19-17-6-3-5-15(20-17)18(21)22/h3,5-8,11H,4,9-10,12H2,1-2H3,(H,19,20)(H,21,22). The first-order chi connectivity index (χ1) is 11.6. The minimum atomic E-state index is -1.05. The second kappa shape index (κ2) is 8.88. The molecule has 1 heterocycles. The molecular formula is C18H22N2O4. The maximum atomic E-state index is 11.0. The minimum absolute atomic E-state index is 0.0138. The lowest BCUT2D eigenvalue weighted by atomic mass is 10.1. The van der Waals surface area contributed by atoms with Gasteiger partial charge in [0, 0.05) is 32.2 Å². The van der Waals surface area contributed by atoms with Crippen molar-refractivity contribution >= 4 is 11.8 Å². The SMILES string of the molecule is COCCCOc1cc(C)ccc1CNc1cccc(C(=O)O)n1. The second-order valence-electron chi connectivity index (χ2n) is 5.37. The molecule has 0 bridgehead atoms. The number of carboxylic acid groups (broad SMARTS) is 1. The Balaban J connectivity index is 2.03. The number of carboxylic acids is 1. The molecule has 0 atom stereocenters. The first kappa shape index (κ1) is 17.7. The van der Waals surface area contributed by atoms with Crippen molar-refractivity contribution < 1.29 is 19.4 Å². The fraction of sp³-hybridized carbons (Fsp3) is 0.333. The van der Waals surface area contributed by atoms with Crippen LogP contribution in [-0.4, -0.2) is 36.4 Å². The van der Waals surface area contributed by atoms with E-state index in [4.69, 9.17) is 14.6 Å². The molecule has 0 radical (unpaired) electrons. The van der Waals surface area contributed by atoms with Gasteiger partial charge >= 0.3 is 5.97 Å². The van der Waals surface area contributed by atoms with Gasteiger partial charge in [0.15, 0.2) is 5.69 Å². The fourth-order valence-corrected chi connectivity index (χ4v) is 2.17. The molecule has 0 saturated carbocycles. The number of aromatic nitrogens is 1. The Hall–Kier alpha value is -2.60. The summed E-state index contributed by atoms with van der Waals surface area (Å²) in [4.78, 5) is 15.0. The van der Waals surface area contributed by atoms with E-state index in [0.29, 0.717) is 25.6 Å². The number of hydrogen-bond acceptors (Lipinski definition) is 5. The van der Waals surface area contributed by atoms with Crippen LogP contribution in [0.15, 0.2) is 36.4 Å². The van der Waals surface area contributed by atoms with E-state index in [1.807, 2.05) is 25.1 Å². The van der Waals surface area contributed by atoms with Gasteiger partial charge in [-0.25, -0.2) is 9.78 Å². The number of nitrogens with one attached hydrogen (secondary N) is 1. The van der Waals surface area contributed by atoms with E-state index in [2.05, 4.69) is 10.3 Å². The zero-order chi connectivity index (χ0) is 17.4. The quantitative estimate of drug-likeness (QED) is 0.688. The van der Waals surface area contributed by atoms with Crippen molar-refractivity contribution in [3.05, 3.63) is 53.2 Å². The summed E-state index contributed by atoms with van der Waals surface area (Å²) >= 11 is 0. The van der Waals surface area contributed by atoms with E-state index in [0.717, 1.165) is 23.3 Å². The summed E-state index contributed by atoms with van der Waals surface area (Å²) in [6, 6.07) is 10.9. The van der Waals surface area contributed by atoms with Crippen molar-refractivity contribution in [2.24, 2.45) is 0 Å². The summed E-state index contributed by atoms with van der Waals surface area (Å²) in [5, 5.41) is 12.1. The largest absolute Gasteiger partial charge is 0.493 e.